The Kier molecular flexibility index (Phi) is 5.20. The fraction of sp³-hybridized carbons (Fsp3) is 0.0909. The highest BCUT2D eigenvalue weighted by Gasteiger charge is 2.09. The number of rotatable bonds is 5. The number of hydrogen-bond donors (Lipinski definition) is 3. The summed E-state index contributed by atoms with van der Waals surface area (Å²) in [5.74, 6) is -0.0206. The van der Waals surface area contributed by atoms with Crippen LogP contribution in [-0.4, -0.2) is 27.4 Å². The molecule has 0 unspecified atom stereocenters. The Labute approximate surface area is 135 Å². The van der Waals surface area contributed by atoms with Crippen LogP contribution >= 0.6 is 31.9 Å². The molecule has 0 saturated heterocycles. The van der Waals surface area contributed by atoms with Gasteiger partial charge in [-0.3, -0.25) is 4.79 Å². The van der Waals surface area contributed by atoms with Crippen LogP contribution in [0.25, 0.3) is 16.5 Å². The van der Waals surface area contributed by atoms with Gasteiger partial charge in [-0.1, -0.05) is 6.08 Å². The molecule has 1 amide bonds. The van der Waals surface area contributed by atoms with Crippen LogP contribution in [0.1, 0.15) is 16.2 Å². The Morgan fingerprint density at radius 1 is 1.52 bits per heavy atom. The first-order valence-corrected chi connectivity index (χ1v) is 7.27. The summed E-state index contributed by atoms with van der Waals surface area (Å²) in [6.07, 6.45) is 5.00. The van der Waals surface area contributed by atoms with Crippen LogP contribution in [-0.2, 0) is 0 Å². The van der Waals surface area contributed by atoms with Gasteiger partial charge in [-0.05, 0) is 54.6 Å². The molecule has 2 aromatic heterocycles. The Bertz CT molecular complexity index is 707. The van der Waals surface area contributed by atoms with E-state index in [0.717, 1.165) is 4.47 Å². The molecule has 2 heterocycles. The standard InChI is InChI=1S/C11H9Br2N7O/c12-7-4-8(18-9(7)13)10(21)15-3-1-2-6-5-16-11(17-6)19-20-14/h1-2,4-5,18H,3H2,(H,15,21)(H,16,17)/b2-1+. The highest BCUT2D eigenvalue weighted by atomic mass is 79.9. The minimum atomic E-state index is -0.217. The van der Waals surface area contributed by atoms with Crippen molar-refractivity contribution in [3.05, 3.63) is 49.2 Å². The molecule has 2 aromatic rings. The molecular formula is C11H9Br2N7O. The van der Waals surface area contributed by atoms with E-state index in [9.17, 15) is 4.79 Å². The summed E-state index contributed by atoms with van der Waals surface area (Å²) in [4.78, 5) is 24.0. The summed E-state index contributed by atoms with van der Waals surface area (Å²) in [6.45, 7) is 0.350. The van der Waals surface area contributed by atoms with Gasteiger partial charge in [-0.15, -0.1) is 0 Å². The normalized spacial score (nSPS) is 10.6. The maximum absolute atomic E-state index is 11.8. The fourth-order valence-electron chi connectivity index (χ4n) is 1.46. The zero-order valence-corrected chi connectivity index (χ0v) is 13.6. The largest absolute Gasteiger partial charge is 0.347 e. The van der Waals surface area contributed by atoms with Gasteiger partial charge in [-0.2, -0.15) is 0 Å². The van der Waals surface area contributed by atoms with Crippen molar-refractivity contribution in [2.24, 2.45) is 5.11 Å². The summed E-state index contributed by atoms with van der Waals surface area (Å²) in [5.41, 5.74) is 9.39. The molecule has 0 aromatic carbocycles. The number of hydrogen-bond acceptors (Lipinski definition) is 3. The number of amides is 1. The molecule has 0 aliphatic heterocycles. The molecule has 0 bridgehead atoms. The predicted octanol–water partition coefficient (Wildman–Crippen LogP) is 3.65. The van der Waals surface area contributed by atoms with E-state index >= 15 is 0 Å². The number of carbonyl (C=O) groups is 1. The van der Waals surface area contributed by atoms with Crippen molar-refractivity contribution < 1.29 is 4.79 Å². The highest BCUT2D eigenvalue weighted by Crippen LogP contribution is 2.22. The number of carbonyl (C=O) groups excluding carboxylic acids is 1. The third-order valence-electron chi connectivity index (χ3n) is 2.37. The second-order valence-corrected chi connectivity index (χ2v) is 5.46. The van der Waals surface area contributed by atoms with E-state index in [2.05, 4.69) is 62.2 Å². The summed E-state index contributed by atoms with van der Waals surface area (Å²) in [6, 6.07) is 1.68. The topological polar surface area (TPSA) is 122 Å². The van der Waals surface area contributed by atoms with Gasteiger partial charge >= 0.3 is 0 Å². The van der Waals surface area contributed by atoms with E-state index in [4.69, 9.17) is 5.53 Å². The van der Waals surface area contributed by atoms with Gasteiger partial charge in [0.2, 0.25) is 0 Å². The number of imidazole rings is 1. The first-order chi connectivity index (χ1) is 10.1. The minimum Gasteiger partial charge on any atom is -0.347 e. The number of nitrogens with one attached hydrogen (secondary N) is 3. The zero-order chi connectivity index (χ0) is 15.2. The highest BCUT2D eigenvalue weighted by molar-refractivity contribution is 9.13. The van der Waals surface area contributed by atoms with Crippen molar-refractivity contribution in [3.8, 4) is 0 Å². The van der Waals surface area contributed by atoms with Crippen LogP contribution in [0.15, 0.2) is 32.5 Å². The van der Waals surface area contributed by atoms with Gasteiger partial charge in [-0.25, -0.2) is 4.98 Å². The molecule has 8 nitrogen and oxygen atoms in total. The second-order valence-electron chi connectivity index (χ2n) is 3.81. The molecule has 21 heavy (non-hydrogen) atoms. The lowest BCUT2D eigenvalue weighted by Gasteiger charge is -1.98. The van der Waals surface area contributed by atoms with E-state index < -0.39 is 0 Å². The van der Waals surface area contributed by atoms with Crippen molar-refractivity contribution in [1.82, 2.24) is 20.3 Å². The van der Waals surface area contributed by atoms with Crippen molar-refractivity contribution in [1.29, 1.82) is 0 Å². The molecule has 0 radical (unpaired) electrons. The molecule has 3 N–H and O–H groups in total. The van der Waals surface area contributed by atoms with Crippen LogP contribution in [0.3, 0.4) is 0 Å². The molecule has 108 valence electrons. The summed E-state index contributed by atoms with van der Waals surface area (Å²) >= 11 is 6.56. The molecule has 0 atom stereocenters. The van der Waals surface area contributed by atoms with E-state index in [1.807, 2.05) is 0 Å². The maximum Gasteiger partial charge on any atom is 0.268 e. The predicted molar refractivity (Wildman–Crippen MR) is 85.0 cm³/mol. The zero-order valence-electron chi connectivity index (χ0n) is 10.5. The van der Waals surface area contributed by atoms with Gasteiger partial charge < -0.3 is 15.3 Å². The van der Waals surface area contributed by atoms with Crippen LogP contribution in [0, 0.1) is 0 Å². The van der Waals surface area contributed by atoms with Crippen LogP contribution < -0.4 is 5.32 Å². The third kappa shape index (κ3) is 4.22. The number of aromatic nitrogens is 3. The number of H-pyrrole nitrogens is 2. The average molecular weight is 415 g/mol. The van der Waals surface area contributed by atoms with Crippen LogP contribution in [0.4, 0.5) is 5.95 Å². The Hall–Kier alpha value is -2.03. The summed E-state index contributed by atoms with van der Waals surface area (Å²) < 4.78 is 1.50. The molecule has 0 fully saturated rings. The lowest BCUT2D eigenvalue weighted by molar-refractivity contribution is 0.0953. The first kappa shape index (κ1) is 15.4. The van der Waals surface area contributed by atoms with Gasteiger partial charge in [0.05, 0.1) is 21.0 Å². The molecule has 0 aliphatic rings. The minimum absolute atomic E-state index is 0.197. The quantitative estimate of drug-likeness (QED) is 0.392. The number of nitrogens with zero attached hydrogens (tertiary/aromatic N) is 4. The lowest BCUT2D eigenvalue weighted by atomic mass is 10.4. The summed E-state index contributed by atoms with van der Waals surface area (Å²) in [7, 11) is 0. The molecule has 2 rings (SSSR count). The van der Waals surface area contributed by atoms with E-state index in [-0.39, 0.29) is 11.9 Å². The molecule has 0 aliphatic carbocycles. The van der Waals surface area contributed by atoms with E-state index in [1.54, 1.807) is 18.2 Å². The van der Waals surface area contributed by atoms with Crippen molar-refractivity contribution in [2.45, 2.75) is 0 Å². The van der Waals surface area contributed by atoms with Crippen LogP contribution in [0.5, 0.6) is 0 Å². The van der Waals surface area contributed by atoms with Gasteiger partial charge in [0, 0.05) is 11.5 Å². The number of aromatic amines is 2. The third-order valence-corrected chi connectivity index (χ3v) is 4.15. The van der Waals surface area contributed by atoms with Crippen molar-refractivity contribution >= 4 is 49.8 Å². The number of halogens is 2. The molecular weight excluding hydrogens is 406 g/mol. The van der Waals surface area contributed by atoms with E-state index in [0.29, 0.717) is 22.5 Å². The first-order valence-electron chi connectivity index (χ1n) is 5.69. The molecule has 10 heteroatoms. The Morgan fingerprint density at radius 3 is 3.00 bits per heavy atom. The number of azide groups is 1. The lowest BCUT2D eigenvalue weighted by Crippen LogP contribution is -2.23. The SMILES string of the molecule is [N-]=[N+]=Nc1ncc(/C=C/CNC(=O)c2cc(Br)c(Br)[nH]2)[nH]1. The second kappa shape index (κ2) is 7.11. The smallest absolute Gasteiger partial charge is 0.268 e. The van der Waals surface area contributed by atoms with Gasteiger partial charge in [0.25, 0.3) is 5.91 Å². The monoisotopic (exact) mass is 413 g/mol. The molecule has 0 spiro atoms. The fourth-order valence-corrected chi connectivity index (χ4v) is 2.12. The van der Waals surface area contributed by atoms with Gasteiger partial charge in [0.1, 0.15) is 5.69 Å². The van der Waals surface area contributed by atoms with Gasteiger partial charge in [0.15, 0.2) is 5.95 Å². The average Bonchev–Trinajstić information content (AvgIpc) is 3.03. The van der Waals surface area contributed by atoms with Crippen molar-refractivity contribution in [3.63, 3.8) is 0 Å². The summed E-state index contributed by atoms with van der Waals surface area (Å²) in [5, 5.41) is 6.06. The Morgan fingerprint density at radius 2 is 2.33 bits per heavy atom. The Balaban J connectivity index is 1.86. The maximum atomic E-state index is 11.8. The van der Waals surface area contributed by atoms with Crippen LogP contribution in [0.2, 0.25) is 0 Å². The van der Waals surface area contributed by atoms with E-state index in [1.165, 1.54) is 6.20 Å². The molecule has 0 saturated carbocycles. The van der Waals surface area contributed by atoms with Crippen molar-refractivity contribution in [2.75, 3.05) is 6.54 Å².